The maximum atomic E-state index is 13.7. The van der Waals surface area contributed by atoms with Crippen LogP contribution in [0.15, 0.2) is 0 Å². The van der Waals surface area contributed by atoms with E-state index in [1.54, 1.807) is 20.8 Å². The molecular weight excluding hydrogens is 260 g/mol. The van der Waals surface area contributed by atoms with Gasteiger partial charge in [0.15, 0.2) is 0 Å². The SMILES string of the molecule is COC(=O)C1C(C)C(F)(F)CN1C(=O)OC(C)(C)C. The molecular formula is C12H19F2NO4. The standard InChI is InChI=1S/C12H19F2NO4/c1-7-8(9(16)18-5)15(6-12(7,13)14)10(17)19-11(2,3)4/h7-8H,6H2,1-5H3. The number of halogens is 2. The fraction of sp³-hybridized carbons (Fsp3) is 0.833. The van der Waals surface area contributed by atoms with Crippen molar-refractivity contribution in [1.29, 1.82) is 0 Å². The average molecular weight is 279 g/mol. The molecule has 0 aliphatic carbocycles. The van der Waals surface area contributed by atoms with Crippen LogP contribution in [0.4, 0.5) is 13.6 Å². The Labute approximate surface area is 110 Å². The van der Waals surface area contributed by atoms with Crippen molar-refractivity contribution < 1.29 is 27.8 Å². The van der Waals surface area contributed by atoms with E-state index in [4.69, 9.17) is 4.74 Å². The predicted octanol–water partition coefficient (Wildman–Crippen LogP) is 2.05. The molecule has 0 bridgehead atoms. The van der Waals surface area contributed by atoms with Gasteiger partial charge in [-0.1, -0.05) is 6.92 Å². The highest BCUT2D eigenvalue weighted by Gasteiger charge is 2.57. The smallest absolute Gasteiger partial charge is 0.411 e. The van der Waals surface area contributed by atoms with Gasteiger partial charge in [-0.3, -0.25) is 4.90 Å². The minimum absolute atomic E-state index is 0.738. The molecule has 0 aromatic carbocycles. The van der Waals surface area contributed by atoms with Gasteiger partial charge in [-0.05, 0) is 20.8 Å². The number of hydrogen-bond donors (Lipinski definition) is 0. The number of hydrogen-bond acceptors (Lipinski definition) is 4. The summed E-state index contributed by atoms with van der Waals surface area (Å²) >= 11 is 0. The molecule has 0 radical (unpaired) electrons. The van der Waals surface area contributed by atoms with E-state index in [2.05, 4.69) is 4.74 Å². The maximum absolute atomic E-state index is 13.7. The van der Waals surface area contributed by atoms with Crippen LogP contribution >= 0.6 is 0 Å². The molecule has 0 aromatic rings. The minimum atomic E-state index is -3.14. The van der Waals surface area contributed by atoms with E-state index >= 15 is 0 Å². The second-order valence-corrected chi connectivity index (χ2v) is 5.63. The second kappa shape index (κ2) is 4.94. The van der Waals surface area contributed by atoms with Gasteiger partial charge in [0, 0.05) is 0 Å². The van der Waals surface area contributed by atoms with Gasteiger partial charge < -0.3 is 9.47 Å². The molecule has 19 heavy (non-hydrogen) atoms. The van der Waals surface area contributed by atoms with Crippen LogP contribution in [0, 0.1) is 5.92 Å². The molecule has 5 nitrogen and oxygen atoms in total. The van der Waals surface area contributed by atoms with Crippen LogP contribution in [0.2, 0.25) is 0 Å². The van der Waals surface area contributed by atoms with Crippen molar-refractivity contribution in [3.8, 4) is 0 Å². The van der Waals surface area contributed by atoms with Crippen molar-refractivity contribution in [2.45, 2.75) is 45.3 Å². The van der Waals surface area contributed by atoms with Crippen LogP contribution in [0.25, 0.3) is 0 Å². The Hall–Kier alpha value is -1.40. The fourth-order valence-corrected chi connectivity index (χ4v) is 1.92. The number of alkyl halides is 2. The number of esters is 1. The molecule has 1 rings (SSSR count). The predicted molar refractivity (Wildman–Crippen MR) is 62.9 cm³/mol. The summed E-state index contributed by atoms with van der Waals surface area (Å²) in [4.78, 5) is 24.2. The lowest BCUT2D eigenvalue weighted by Gasteiger charge is -2.27. The Balaban J connectivity index is 2.97. The summed E-state index contributed by atoms with van der Waals surface area (Å²) in [5.41, 5.74) is -0.821. The molecule has 1 fully saturated rings. The van der Waals surface area contributed by atoms with E-state index in [0.717, 1.165) is 12.0 Å². The lowest BCUT2D eigenvalue weighted by Crippen LogP contribution is -2.45. The van der Waals surface area contributed by atoms with Crippen molar-refractivity contribution in [3.63, 3.8) is 0 Å². The van der Waals surface area contributed by atoms with E-state index in [9.17, 15) is 18.4 Å². The fourth-order valence-electron chi connectivity index (χ4n) is 1.92. The summed E-state index contributed by atoms with van der Waals surface area (Å²) in [6, 6.07) is -1.32. The van der Waals surface area contributed by atoms with Crippen molar-refractivity contribution >= 4 is 12.1 Å². The van der Waals surface area contributed by atoms with Crippen molar-refractivity contribution in [1.82, 2.24) is 4.90 Å². The molecule has 0 N–H and O–H groups in total. The summed E-state index contributed by atoms with van der Waals surface area (Å²) in [5.74, 6) is -5.32. The zero-order valence-electron chi connectivity index (χ0n) is 11.7. The van der Waals surface area contributed by atoms with E-state index in [1.165, 1.54) is 6.92 Å². The summed E-state index contributed by atoms with van der Waals surface area (Å²) in [7, 11) is 1.10. The normalized spacial score (nSPS) is 26.2. The molecule has 2 unspecified atom stereocenters. The van der Waals surface area contributed by atoms with Crippen LogP contribution in [0.5, 0.6) is 0 Å². The average Bonchev–Trinajstić information content (AvgIpc) is 2.47. The van der Waals surface area contributed by atoms with Crippen LogP contribution in [0.3, 0.4) is 0 Å². The van der Waals surface area contributed by atoms with Crippen molar-refractivity contribution in [2.24, 2.45) is 5.92 Å². The number of carbonyl (C=O) groups excluding carboxylic acids is 2. The van der Waals surface area contributed by atoms with E-state index < -0.39 is 42.1 Å². The van der Waals surface area contributed by atoms with Crippen molar-refractivity contribution in [3.05, 3.63) is 0 Å². The molecule has 0 aromatic heterocycles. The van der Waals surface area contributed by atoms with E-state index in [-0.39, 0.29) is 0 Å². The van der Waals surface area contributed by atoms with E-state index in [1.807, 2.05) is 0 Å². The largest absolute Gasteiger partial charge is 0.467 e. The third-order valence-corrected chi connectivity index (χ3v) is 2.93. The second-order valence-electron chi connectivity index (χ2n) is 5.63. The molecule has 0 saturated carbocycles. The first-order valence-corrected chi connectivity index (χ1v) is 5.95. The van der Waals surface area contributed by atoms with Crippen LogP contribution < -0.4 is 0 Å². The highest BCUT2D eigenvalue weighted by atomic mass is 19.3. The highest BCUT2D eigenvalue weighted by Crippen LogP contribution is 2.38. The molecule has 1 amide bonds. The van der Waals surface area contributed by atoms with Gasteiger partial charge >= 0.3 is 12.1 Å². The zero-order valence-corrected chi connectivity index (χ0v) is 11.7. The molecule has 2 atom stereocenters. The Morgan fingerprint density at radius 2 is 1.84 bits per heavy atom. The molecule has 0 spiro atoms. The Bertz CT molecular complexity index is 378. The Kier molecular flexibility index (Phi) is 4.07. The number of methoxy groups -OCH3 is 1. The number of ether oxygens (including phenoxy) is 2. The van der Waals surface area contributed by atoms with Gasteiger partial charge in [-0.2, -0.15) is 0 Å². The topological polar surface area (TPSA) is 55.8 Å². The number of likely N-dealkylation sites (tertiary alicyclic amines) is 1. The Morgan fingerprint density at radius 1 is 1.32 bits per heavy atom. The third kappa shape index (κ3) is 3.33. The van der Waals surface area contributed by atoms with Gasteiger partial charge in [0.25, 0.3) is 5.92 Å². The Morgan fingerprint density at radius 3 is 2.26 bits per heavy atom. The quantitative estimate of drug-likeness (QED) is 0.689. The molecule has 110 valence electrons. The number of amides is 1. The van der Waals surface area contributed by atoms with Gasteiger partial charge in [0.1, 0.15) is 11.6 Å². The maximum Gasteiger partial charge on any atom is 0.411 e. The van der Waals surface area contributed by atoms with Gasteiger partial charge in [-0.25, -0.2) is 18.4 Å². The van der Waals surface area contributed by atoms with Crippen molar-refractivity contribution in [2.75, 3.05) is 13.7 Å². The number of nitrogens with zero attached hydrogens (tertiary/aromatic N) is 1. The molecule has 1 heterocycles. The summed E-state index contributed by atoms with van der Waals surface area (Å²) in [6.07, 6.45) is -0.938. The first-order chi connectivity index (χ1) is 8.49. The van der Waals surface area contributed by atoms with Crippen LogP contribution in [0.1, 0.15) is 27.7 Å². The summed E-state index contributed by atoms with van der Waals surface area (Å²) in [6.45, 7) is 5.23. The highest BCUT2D eigenvalue weighted by molar-refractivity contribution is 5.83. The number of carbonyl (C=O) groups is 2. The van der Waals surface area contributed by atoms with Gasteiger partial charge in [0.2, 0.25) is 0 Å². The van der Waals surface area contributed by atoms with Gasteiger partial charge in [-0.15, -0.1) is 0 Å². The molecule has 7 heteroatoms. The third-order valence-electron chi connectivity index (χ3n) is 2.93. The van der Waals surface area contributed by atoms with Crippen LogP contribution in [-0.2, 0) is 14.3 Å². The monoisotopic (exact) mass is 279 g/mol. The lowest BCUT2D eigenvalue weighted by atomic mass is 10.00. The van der Waals surface area contributed by atoms with Crippen LogP contribution in [-0.4, -0.2) is 48.2 Å². The molecule has 1 aliphatic heterocycles. The first kappa shape index (κ1) is 15.7. The summed E-state index contributed by atoms with van der Waals surface area (Å²) < 4.78 is 36.9. The van der Waals surface area contributed by atoms with Gasteiger partial charge in [0.05, 0.1) is 19.6 Å². The van der Waals surface area contributed by atoms with E-state index in [0.29, 0.717) is 0 Å². The lowest BCUT2D eigenvalue weighted by molar-refractivity contribution is -0.147. The summed E-state index contributed by atoms with van der Waals surface area (Å²) in [5, 5.41) is 0. The molecule has 1 aliphatic rings. The zero-order chi connectivity index (χ0) is 15.0. The molecule has 1 saturated heterocycles. The number of rotatable bonds is 1. The first-order valence-electron chi connectivity index (χ1n) is 5.95. The minimum Gasteiger partial charge on any atom is -0.467 e.